The number of hydrogen-bond donors (Lipinski definition) is 1. The summed E-state index contributed by atoms with van der Waals surface area (Å²) in [5, 5.41) is 2.56. The molecule has 2 amide bonds. The molecule has 0 aliphatic carbocycles. The van der Waals surface area contributed by atoms with E-state index in [0.29, 0.717) is 19.5 Å². The van der Waals surface area contributed by atoms with Gasteiger partial charge in [0.25, 0.3) is 0 Å². The van der Waals surface area contributed by atoms with Gasteiger partial charge in [0.05, 0.1) is 13.1 Å². The van der Waals surface area contributed by atoms with Crippen molar-refractivity contribution >= 4 is 11.8 Å². The Morgan fingerprint density at radius 2 is 2.31 bits per heavy atom. The first-order valence-electron chi connectivity index (χ1n) is 5.17. The SMILES string of the molecule is Cn1ccnc1CN1CCC(=O)NCC1=O. The summed E-state index contributed by atoms with van der Waals surface area (Å²) in [7, 11) is 1.88. The van der Waals surface area contributed by atoms with Gasteiger partial charge in [-0.05, 0) is 0 Å². The lowest BCUT2D eigenvalue weighted by Crippen LogP contribution is -2.35. The van der Waals surface area contributed by atoms with Crippen LogP contribution in [0.2, 0.25) is 0 Å². The molecule has 1 aromatic rings. The first-order chi connectivity index (χ1) is 7.66. The third kappa shape index (κ3) is 2.21. The fourth-order valence-electron chi connectivity index (χ4n) is 1.62. The second-order valence-corrected chi connectivity index (χ2v) is 3.80. The predicted octanol–water partition coefficient (Wildman–Crippen LogP) is -0.731. The molecule has 6 heteroatoms. The highest BCUT2D eigenvalue weighted by molar-refractivity contribution is 5.87. The molecule has 1 aliphatic heterocycles. The summed E-state index contributed by atoms with van der Waals surface area (Å²) in [5.41, 5.74) is 0. The van der Waals surface area contributed by atoms with Gasteiger partial charge in [0.1, 0.15) is 5.82 Å². The third-order valence-electron chi connectivity index (χ3n) is 2.65. The van der Waals surface area contributed by atoms with Gasteiger partial charge in [-0.2, -0.15) is 0 Å². The maximum Gasteiger partial charge on any atom is 0.242 e. The van der Waals surface area contributed by atoms with E-state index in [1.54, 1.807) is 11.1 Å². The highest BCUT2D eigenvalue weighted by Crippen LogP contribution is 2.05. The van der Waals surface area contributed by atoms with E-state index in [0.717, 1.165) is 5.82 Å². The van der Waals surface area contributed by atoms with Gasteiger partial charge < -0.3 is 14.8 Å². The van der Waals surface area contributed by atoms with Crippen molar-refractivity contribution in [3.05, 3.63) is 18.2 Å². The van der Waals surface area contributed by atoms with Gasteiger partial charge in [0.15, 0.2) is 0 Å². The highest BCUT2D eigenvalue weighted by atomic mass is 16.2. The van der Waals surface area contributed by atoms with Crippen molar-refractivity contribution in [2.75, 3.05) is 13.1 Å². The highest BCUT2D eigenvalue weighted by Gasteiger charge is 2.20. The van der Waals surface area contributed by atoms with Crippen molar-refractivity contribution < 1.29 is 9.59 Å². The Bertz CT molecular complexity index is 413. The van der Waals surface area contributed by atoms with E-state index in [1.165, 1.54) is 0 Å². The van der Waals surface area contributed by atoms with Gasteiger partial charge in [-0.15, -0.1) is 0 Å². The molecular weight excluding hydrogens is 208 g/mol. The standard InChI is InChI=1S/C10H14N4O2/c1-13-5-3-11-8(13)7-14-4-2-9(15)12-6-10(14)16/h3,5H,2,4,6-7H2,1H3,(H,12,15). The molecule has 0 bridgehead atoms. The largest absolute Gasteiger partial charge is 0.347 e. The maximum absolute atomic E-state index is 11.7. The van der Waals surface area contributed by atoms with Gasteiger partial charge >= 0.3 is 0 Å². The summed E-state index contributed by atoms with van der Waals surface area (Å²) in [4.78, 5) is 28.6. The molecule has 0 saturated carbocycles. The lowest BCUT2D eigenvalue weighted by atomic mass is 10.3. The minimum Gasteiger partial charge on any atom is -0.347 e. The molecule has 2 rings (SSSR count). The molecule has 1 aromatic heterocycles. The van der Waals surface area contributed by atoms with Crippen LogP contribution in [-0.2, 0) is 23.2 Å². The molecule has 6 nitrogen and oxygen atoms in total. The number of carbonyl (C=O) groups excluding carboxylic acids is 2. The molecule has 0 spiro atoms. The number of amides is 2. The molecule has 1 aliphatic rings. The lowest BCUT2D eigenvalue weighted by Gasteiger charge is -2.19. The molecule has 0 unspecified atom stereocenters. The van der Waals surface area contributed by atoms with Crippen LogP contribution in [0.1, 0.15) is 12.2 Å². The number of carbonyl (C=O) groups is 2. The Balaban J connectivity index is 2.06. The van der Waals surface area contributed by atoms with Crippen LogP contribution in [0.3, 0.4) is 0 Å². The van der Waals surface area contributed by atoms with Crippen molar-refractivity contribution in [2.45, 2.75) is 13.0 Å². The van der Waals surface area contributed by atoms with Crippen molar-refractivity contribution in [1.82, 2.24) is 19.8 Å². The van der Waals surface area contributed by atoms with E-state index >= 15 is 0 Å². The smallest absolute Gasteiger partial charge is 0.242 e. The molecule has 16 heavy (non-hydrogen) atoms. The monoisotopic (exact) mass is 222 g/mol. The van der Waals surface area contributed by atoms with Crippen molar-refractivity contribution in [3.63, 3.8) is 0 Å². The number of aromatic nitrogens is 2. The lowest BCUT2D eigenvalue weighted by molar-refractivity contribution is -0.130. The number of aryl methyl sites for hydroxylation is 1. The summed E-state index contributed by atoms with van der Waals surface area (Å²) in [6, 6.07) is 0. The summed E-state index contributed by atoms with van der Waals surface area (Å²) in [6.45, 7) is 0.998. The predicted molar refractivity (Wildman–Crippen MR) is 56.3 cm³/mol. The van der Waals surface area contributed by atoms with E-state index in [9.17, 15) is 9.59 Å². The van der Waals surface area contributed by atoms with Gasteiger partial charge in [-0.1, -0.05) is 0 Å². The molecule has 2 heterocycles. The van der Waals surface area contributed by atoms with Crippen LogP contribution >= 0.6 is 0 Å². The van der Waals surface area contributed by atoms with E-state index in [2.05, 4.69) is 10.3 Å². The van der Waals surface area contributed by atoms with Crippen LogP contribution in [-0.4, -0.2) is 39.4 Å². The quantitative estimate of drug-likeness (QED) is 0.717. The molecule has 0 radical (unpaired) electrons. The second-order valence-electron chi connectivity index (χ2n) is 3.80. The number of imidazole rings is 1. The molecular formula is C10H14N4O2. The zero-order chi connectivity index (χ0) is 11.5. The molecule has 1 fully saturated rings. The summed E-state index contributed by atoms with van der Waals surface area (Å²) in [5.74, 6) is 0.687. The summed E-state index contributed by atoms with van der Waals surface area (Å²) in [6.07, 6.45) is 3.89. The number of nitrogens with zero attached hydrogens (tertiary/aromatic N) is 3. The first kappa shape index (κ1) is 10.7. The molecule has 0 atom stereocenters. The minimum absolute atomic E-state index is 0.0612. The van der Waals surface area contributed by atoms with E-state index < -0.39 is 0 Å². The molecule has 1 N–H and O–H groups in total. The van der Waals surface area contributed by atoms with Crippen LogP contribution in [0, 0.1) is 0 Å². The average molecular weight is 222 g/mol. The van der Waals surface area contributed by atoms with Crippen LogP contribution in [0.15, 0.2) is 12.4 Å². The zero-order valence-corrected chi connectivity index (χ0v) is 9.14. The van der Waals surface area contributed by atoms with Gasteiger partial charge in [0, 0.05) is 32.4 Å². The van der Waals surface area contributed by atoms with E-state index in [-0.39, 0.29) is 18.4 Å². The topological polar surface area (TPSA) is 67.2 Å². The fourth-order valence-corrected chi connectivity index (χ4v) is 1.62. The molecule has 86 valence electrons. The number of hydrogen-bond acceptors (Lipinski definition) is 3. The minimum atomic E-state index is -0.0734. The summed E-state index contributed by atoms with van der Waals surface area (Å²) >= 11 is 0. The second kappa shape index (κ2) is 4.34. The molecule has 0 aromatic carbocycles. The fraction of sp³-hybridized carbons (Fsp3) is 0.500. The summed E-state index contributed by atoms with van der Waals surface area (Å²) < 4.78 is 1.87. The normalized spacial score (nSPS) is 17.2. The Labute approximate surface area is 93.3 Å². The van der Waals surface area contributed by atoms with Crippen molar-refractivity contribution in [1.29, 1.82) is 0 Å². The van der Waals surface area contributed by atoms with Crippen molar-refractivity contribution in [3.8, 4) is 0 Å². The zero-order valence-electron chi connectivity index (χ0n) is 9.14. The van der Waals surface area contributed by atoms with Gasteiger partial charge in [0.2, 0.25) is 11.8 Å². The average Bonchev–Trinajstić information content (AvgIpc) is 2.59. The first-order valence-corrected chi connectivity index (χ1v) is 5.17. The van der Waals surface area contributed by atoms with Gasteiger partial charge in [-0.25, -0.2) is 4.98 Å². The van der Waals surface area contributed by atoms with Crippen molar-refractivity contribution in [2.24, 2.45) is 7.05 Å². The van der Waals surface area contributed by atoms with Crippen LogP contribution in [0.5, 0.6) is 0 Å². The Kier molecular flexibility index (Phi) is 2.89. The van der Waals surface area contributed by atoms with E-state index in [4.69, 9.17) is 0 Å². The number of rotatable bonds is 2. The molecule has 1 saturated heterocycles. The van der Waals surface area contributed by atoms with Crippen LogP contribution in [0.25, 0.3) is 0 Å². The van der Waals surface area contributed by atoms with Crippen LogP contribution in [0.4, 0.5) is 0 Å². The Hall–Kier alpha value is -1.85. The maximum atomic E-state index is 11.7. The third-order valence-corrected chi connectivity index (χ3v) is 2.65. The van der Waals surface area contributed by atoms with Gasteiger partial charge in [-0.3, -0.25) is 9.59 Å². The number of nitrogens with one attached hydrogen (secondary N) is 1. The Morgan fingerprint density at radius 1 is 1.50 bits per heavy atom. The van der Waals surface area contributed by atoms with E-state index in [1.807, 2.05) is 17.8 Å². The van der Waals surface area contributed by atoms with Crippen LogP contribution < -0.4 is 5.32 Å². The Morgan fingerprint density at radius 3 is 3.00 bits per heavy atom.